The van der Waals surface area contributed by atoms with E-state index in [4.69, 9.17) is 5.11 Å². The van der Waals surface area contributed by atoms with Gasteiger partial charge in [0.2, 0.25) is 5.91 Å². The molecule has 0 unspecified atom stereocenters. The number of nitrogens with zero attached hydrogens (tertiary/aromatic N) is 1. The summed E-state index contributed by atoms with van der Waals surface area (Å²) in [5.74, 6) is -0.934. The molecule has 16 heavy (non-hydrogen) atoms. The van der Waals surface area contributed by atoms with Gasteiger partial charge in [0.05, 0.1) is 6.54 Å². The van der Waals surface area contributed by atoms with Gasteiger partial charge in [-0.25, -0.2) is 0 Å². The molecule has 6 heteroatoms. The third kappa shape index (κ3) is 5.14. The van der Waals surface area contributed by atoms with Gasteiger partial charge in [0.25, 0.3) is 0 Å². The lowest BCUT2D eigenvalue weighted by atomic mass is 10.2. The van der Waals surface area contributed by atoms with Crippen LogP contribution in [0.1, 0.15) is 31.4 Å². The molecule has 6 nitrogen and oxygen atoms in total. The van der Waals surface area contributed by atoms with Crippen molar-refractivity contribution in [2.75, 3.05) is 0 Å². The highest BCUT2D eigenvalue weighted by Crippen LogP contribution is 2.00. The molecule has 0 bridgehead atoms. The molecule has 1 amide bonds. The fourth-order valence-electron chi connectivity index (χ4n) is 1.17. The number of carbonyl (C=O) groups excluding carboxylic acids is 1. The van der Waals surface area contributed by atoms with Crippen molar-refractivity contribution in [1.82, 2.24) is 10.5 Å². The minimum absolute atomic E-state index is 0.103. The molecule has 1 aromatic rings. The highest BCUT2D eigenvalue weighted by molar-refractivity contribution is 5.75. The predicted molar refractivity (Wildman–Crippen MR) is 54.5 cm³/mol. The van der Waals surface area contributed by atoms with Crippen molar-refractivity contribution >= 4 is 11.9 Å². The van der Waals surface area contributed by atoms with Crippen molar-refractivity contribution in [3.63, 3.8) is 0 Å². The van der Waals surface area contributed by atoms with Crippen molar-refractivity contribution in [1.29, 1.82) is 0 Å². The van der Waals surface area contributed by atoms with E-state index in [1.54, 1.807) is 6.07 Å². The number of carboxylic acids is 1. The summed E-state index contributed by atoms with van der Waals surface area (Å²) in [6.45, 7) is 0.342. The molecule has 2 N–H and O–H groups in total. The van der Waals surface area contributed by atoms with Gasteiger partial charge in [-0.05, 0) is 12.8 Å². The molecule has 1 heterocycles. The van der Waals surface area contributed by atoms with E-state index >= 15 is 0 Å². The van der Waals surface area contributed by atoms with Gasteiger partial charge in [-0.3, -0.25) is 9.59 Å². The lowest BCUT2D eigenvalue weighted by molar-refractivity contribution is -0.137. The van der Waals surface area contributed by atoms with Gasteiger partial charge in [-0.1, -0.05) is 5.16 Å². The summed E-state index contributed by atoms with van der Waals surface area (Å²) in [5.41, 5.74) is 0.666. The van der Waals surface area contributed by atoms with Gasteiger partial charge in [-0.15, -0.1) is 0 Å². The molecule has 0 saturated heterocycles. The molecule has 0 aliphatic rings. The van der Waals surface area contributed by atoms with Crippen LogP contribution in [0, 0.1) is 0 Å². The first-order valence-electron chi connectivity index (χ1n) is 5.06. The highest BCUT2D eigenvalue weighted by atomic mass is 16.5. The molecule has 0 aliphatic heterocycles. The van der Waals surface area contributed by atoms with Gasteiger partial charge in [0, 0.05) is 18.9 Å². The van der Waals surface area contributed by atoms with E-state index in [2.05, 4.69) is 15.0 Å². The summed E-state index contributed by atoms with van der Waals surface area (Å²) >= 11 is 0. The normalized spacial score (nSPS) is 10.0. The minimum atomic E-state index is -0.831. The topological polar surface area (TPSA) is 92.4 Å². The zero-order valence-electron chi connectivity index (χ0n) is 8.81. The fraction of sp³-hybridized carbons (Fsp3) is 0.500. The fourth-order valence-corrected chi connectivity index (χ4v) is 1.17. The monoisotopic (exact) mass is 226 g/mol. The summed E-state index contributed by atoms with van der Waals surface area (Å²) in [6, 6.07) is 1.67. The van der Waals surface area contributed by atoms with E-state index in [1.165, 1.54) is 6.26 Å². The Morgan fingerprint density at radius 1 is 1.38 bits per heavy atom. The molecule has 88 valence electrons. The number of aromatic nitrogens is 1. The maximum Gasteiger partial charge on any atom is 0.303 e. The van der Waals surface area contributed by atoms with Crippen LogP contribution in [0.25, 0.3) is 0 Å². The summed E-state index contributed by atoms with van der Waals surface area (Å²) in [5, 5.41) is 14.7. The summed E-state index contributed by atoms with van der Waals surface area (Å²) in [7, 11) is 0. The third-order valence-corrected chi connectivity index (χ3v) is 2.00. The molecule has 0 aromatic carbocycles. The lowest BCUT2D eigenvalue weighted by Gasteiger charge is -2.01. The van der Waals surface area contributed by atoms with E-state index < -0.39 is 5.97 Å². The number of hydrogen-bond donors (Lipinski definition) is 2. The molecule has 0 radical (unpaired) electrons. The molecule has 0 spiro atoms. The zero-order chi connectivity index (χ0) is 11.8. The van der Waals surface area contributed by atoms with Crippen LogP contribution < -0.4 is 5.32 Å². The summed E-state index contributed by atoms with van der Waals surface area (Å²) < 4.78 is 4.61. The number of carbonyl (C=O) groups is 2. The molecule has 0 aliphatic carbocycles. The van der Waals surface area contributed by atoms with E-state index in [1.807, 2.05) is 0 Å². The number of unbranched alkanes of at least 4 members (excludes halogenated alkanes) is 1. The van der Waals surface area contributed by atoms with Gasteiger partial charge in [0.1, 0.15) is 12.0 Å². The number of carboxylic acid groups (broad SMARTS) is 1. The Hall–Kier alpha value is -1.85. The Morgan fingerprint density at radius 2 is 2.12 bits per heavy atom. The molecular formula is C10H14N2O4. The van der Waals surface area contributed by atoms with E-state index in [0.29, 0.717) is 31.5 Å². The quantitative estimate of drug-likeness (QED) is 0.675. The highest BCUT2D eigenvalue weighted by Gasteiger charge is 2.03. The SMILES string of the molecule is O=C(O)CCCCC(=O)NCc1ccon1. The Balaban J connectivity index is 2.05. The first kappa shape index (κ1) is 12.2. The molecule has 1 aromatic heterocycles. The minimum Gasteiger partial charge on any atom is -0.481 e. The molecule has 0 fully saturated rings. The van der Waals surface area contributed by atoms with E-state index in [-0.39, 0.29) is 12.3 Å². The molecule has 0 atom stereocenters. The summed E-state index contributed by atoms with van der Waals surface area (Å²) in [4.78, 5) is 21.5. The third-order valence-electron chi connectivity index (χ3n) is 2.00. The number of hydrogen-bond acceptors (Lipinski definition) is 4. The van der Waals surface area contributed by atoms with Gasteiger partial charge >= 0.3 is 5.97 Å². The van der Waals surface area contributed by atoms with Crippen LogP contribution in [0.5, 0.6) is 0 Å². The number of amides is 1. The van der Waals surface area contributed by atoms with Crippen molar-refractivity contribution in [2.45, 2.75) is 32.2 Å². The Kier molecular flexibility index (Phi) is 5.04. The number of aliphatic carboxylic acids is 1. The Morgan fingerprint density at radius 3 is 2.75 bits per heavy atom. The first-order chi connectivity index (χ1) is 7.68. The van der Waals surface area contributed by atoms with Crippen LogP contribution in [-0.4, -0.2) is 22.1 Å². The average molecular weight is 226 g/mol. The van der Waals surface area contributed by atoms with Crippen LogP contribution in [0.15, 0.2) is 16.9 Å². The van der Waals surface area contributed by atoms with Crippen molar-refractivity contribution < 1.29 is 19.2 Å². The smallest absolute Gasteiger partial charge is 0.303 e. The lowest BCUT2D eigenvalue weighted by Crippen LogP contribution is -2.22. The van der Waals surface area contributed by atoms with E-state index in [9.17, 15) is 9.59 Å². The second kappa shape index (κ2) is 6.60. The maximum absolute atomic E-state index is 11.3. The van der Waals surface area contributed by atoms with Crippen LogP contribution >= 0.6 is 0 Å². The zero-order valence-corrected chi connectivity index (χ0v) is 8.81. The van der Waals surface area contributed by atoms with Gasteiger partial charge < -0.3 is 14.9 Å². The maximum atomic E-state index is 11.3. The van der Waals surface area contributed by atoms with Crippen molar-refractivity contribution in [3.8, 4) is 0 Å². The predicted octanol–water partition coefficient (Wildman–Crippen LogP) is 0.936. The number of nitrogens with one attached hydrogen (secondary N) is 1. The van der Waals surface area contributed by atoms with Crippen LogP contribution in [-0.2, 0) is 16.1 Å². The second-order valence-electron chi connectivity index (χ2n) is 3.37. The average Bonchev–Trinajstić information content (AvgIpc) is 2.74. The van der Waals surface area contributed by atoms with E-state index in [0.717, 1.165) is 0 Å². The van der Waals surface area contributed by atoms with Crippen molar-refractivity contribution in [2.24, 2.45) is 0 Å². The first-order valence-corrected chi connectivity index (χ1v) is 5.06. The van der Waals surface area contributed by atoms with Crippen LogP contribution in [0.2, 0.25) is 0 Å². The Bertz CT molecular complexity index is 335. The van der Waals surface area contributed by atoms with Crippen molar-refractivity contribution in [3.05, 3.63) is 18.0 Å². The van der Waals surface area contributed by atoms with Crippen LogP contribution in [0.4, 0.5) is 0 Å². The number of rotatable bonds is 7. The summed E-state index contributed by atoms with van der Waals surface area (Å²) in [6.07, 6.45) is 2.99. The standard InChI is InChI=1S/C10H14N2O4/c13-9(3-1-2-4-10(14)15)11-7-8-5-6-16-12-8/h5-6H,1-4,7H2,(H,11,13)(H,14,15). The molecule has 0 saturated carbocycles. The Labute approximate surface area is 92.6 Å². The van der Waals surface area contributed by atoms with Gasteiger partial charge in [-0.2, -0.15) is 0 Å². The molecule has 1 rings (SSSR count). The molecular weight excluding hydrogens is 212 g/mol. The second-order valence-corrected chi connectivity index (χ2v) is 3.37. The van der Waals surface area contributed by atoms with Gasteiger partial charge in [0.15, 0.2) is 0 Å². The van der Waals surface area contributed by atoms with Crippen LogP contribution in [0.3, 0.4) is 0 Å². The largest absolute Gasteiger partial charge is 0.481 e.